The Kier molecular flexibility index (Phi) is 7.32. The number of halogens is 1. The summed E-state index contributed by atoms with van der Waals surface area (Å²) in [4.78, 5) is 12.1. The second kappa shape index (κ2) is 8.23. The van der Waals surface area contributed by atoms with Crippen LogP contribution in [0, 0.1) is 17.3 Å². The minimum Gasteiger partial charge on any atom is -0.356 e. The molecule has 1 heterocycles. The Morgan fingerprint density at radius 3 is 2.65 bits per heavy atom. The minimum atomic E-state index is 0. The van der Waals surface area contributed by atoms with Gasteiger partial charge in [0.25, 0.3) is 0 Å². The number of nitrogens with one attached hydrogen (secondary N) is 2. The molecule has 1 saturated heterocycles. The lowest BCUT2D eigenvalue weighted by molar-refractivity contribution is -0.122. The van der Waals surface area contributed by atoms with E-state index in [0.717, 1.165) is 19.6 Å². The second-order valence-corrected chi connectivity index (χ2v) is 7.08. The van der Waals surface area contributed by atoms with E-state index in [-0.39, 0.29) is 18.3 Å². The van der Waals surface area contributed by atoms with E-state index in [1.165, 1.54) is 38.5 Å². The molecular formula is C16H31ClN2O. The Balaban J connectivity index is 0.00000200. The molecule has 1 aliphatic heterocycles. The lowest BCUT2D eigenvalue weighted by Crippen LogP contribution is -2.38. The van der Waals surface area contributed by atoms with Crippen LogP contribution >= 0.6 is 12.4 Å². The van der Waals surface area contributed by atoms with Crippen molar-refractivity contribution in [3.05, 3.63) is 0 Å². The molecule has 0 aromatic carbocycles. The standard InChI is InChI=1S/C16H30N2O.ClH/c1-13(14-6-5-9-17-11-14)10-15(19)18-12-16(2)7-3-4-8-16;/h13-14,17H,3-12H2,1-2H3,(H,18,19);1H. The van der Waals surface area contributed by atoms with Crippen molar-refractivity contribution >= 4 is 18.3 Å². The zero-order valence-corrected chi connectivity index (χ0v) is 13.9. The van der Waals surface area contributed by atoms with Gasteiger partial charge in [-0.1, -0.05) is 26.7 Å². The van der Waals surface area contributed by atoms with Gasteiger partial charge >= 0.3 is 0 Å². The van der Waals surface area contributed by atoms with E-state index in [1.54, 1.807) is 0 Å². The topological polar surface area (TPSA) is 41.1 Å². The van der Waals surface area contributed by atoms with E-state index in [0.29, 0.717) is 23.7 Å². The van der Waals surface area contributed by atoms with Crippen LogP contribution < -0.4 is 10.6 Å². The van der Waals surface area contributed by atoms with Crippen molar-refractivity contribution < 1.29 is 4.79 Å². The average molecular weight is 303 g/mol. The lowest BCUT2D eigenvalue weighted by atomic mass is 9.85. The predicted molar refractivity (Wildman–Crippen MR) is 86.2 cm³/mol. The highest BCUT2D eigenvalue weighted by molar-refractivity contribution is 5.85. The van der Waals surface area contributed by atoms with Gasteiger partial charge in [-0.2, -0.15) is 0 Å². The van der Waals surface area contributed by atoms with Gasteiger partial charge in [-0.25, -0.2) is 0 Å². The first-order chi connectivity index (χ1) is 9.09. The molecule has 2 aliphatic rings. The molecule has 2 rings (SSSR count). The molecule has 4 heteroatoms. The van der Waals surface area contributed by atoms with E-state index < -0.39 is 0 Å². The normalized spacial score (nSPS) is 26.6. The van der Waals surface area contributed by atoms with Crippen molar-refractivity contribution in [1.29, 1.82) is 0 Å². The third-order valence-corrected chi connectivity index (χ3v) is 5.17. The van der Waals surface area contributed by atoms with Crippen LogP contribution in [0.5, 0.6) is 0 Å². The summed E-state index contributed by atoms with van der Waals surface area (Å²) in [5, 5.41) is 6.62. The summed E-state index contributed by atoms with van der Waals surface area (Å²) < 4.78 is 0. The number of carbonyl (C=O) groups excluding carboxylic acids is 1. The Morgan fingerprint density at radius 2 is 2.05 bits per heavy atom. The molecule has 2 N–H and O–H groups in total. The third kappa shape index (κ3) is 5.25. The Morgan fingerprint density at radius 1 is 1.35 bits per heavy atom. The van der Waals surface area contributed by atoms with E-state index >= 15 is 0 Å². The largest absolute Gasteiger partial charge is 0.356 e. The zero-order valence-electron chi connectivity index (χ0n) is 13.0. The fourth-order valence-corrected chi connectivity index (χ4v) is 3.61. The smallest absolute Gasteiger partial charge is 0.220 e. The van der Waals surface area contributed by atoms with E-state index in [9.17, 15) is 4.79 Å². The maximum absolute atomic E-state index is 12.1. The Hall–Kier alpha value is -0.280. The van der Waals surface area contributed by atoms with E-state index in [1.807, 2.05) is 0 Å². The Labute approximate surface area is 130 Å². The molecule has 20 heavy (non-hydrogen) atoms. The highest BCUT2D eigenvalue weighted by Gasteiger charge is 2.29. The van der Waals surface area contributed by atoms with Gasteiger partial charge in [0, 0.05) is 13.0 Å². The van der Waals surface area contributed by atoms with Gasteiger partial charge in [0.1, 0.15) is 0 Å². The second-order valence-electron chi connectivity index (χ2n) is 7.08. The molecule has 1 aliphatic carbocycles. The van der Waals surface area contributed by atoms with Gasteiger partial charge in [0.05, 0.1) is 0 Å². The SMILES string of the molecule is CC(CC(=O)NCC1(C)CCCC1)C1CCCNC1.Cl. The molecule has 2 unspecified atom stereocenters. The van der Waals surface area contributed by atoms with Crippen LogP contribution in [-0.2, 0) is 4.79 Å². The molecule has 118 valence electrons. The molecule has 3 nitrogen and oxygen atoms in total. The fourth-order valence-electron chi connectivity index (χ4n) is 3.61. The molecule has 1 saturated carbocycles. The number of rotatable bonds is 5. The first-order valence-corrected chi connectivity index (χ1v) is 8.06. The molecule has 0 bridgehead atoms. The van der Waals surface area contributed by atoms with Gasteiger partial charge in [-0.05, 0) is 56.0 Å². The predicted octanol–water partition coefficient (Wildman–Crippen LogP) is 3.13. The van der Waals surface area contributed by atoms with Gasteiger partial charge in [-0.3, -0.25) is 4.79 Å². The van der Waals surface area contributed by atoms with Crippen molar-refractivity contribution in [3.63, 3.8) is 0 Å². The van der Waals surface area contributed by atoms with Crippen LogP contribution in [0.2, 0.25) is 0 Å². The Bertz CT molecular complexity index is 297. The molecule has 0 radical (unpaired) electrons. The van der Waals surface area contributed by atoms with Crippen LogP contribution in [0.15, 0.2) is 0 Å². The van der Waals surface area contributed by atoms with E-state index in [2.05, 4.69) is 24.5 Å². The number of hydrogen-bond donors (Lipinski definition) is 2. The summed E-state index contributed by atoms with van der Waals surface area (Å²) in [5.74, 6) is 1.44. The molecule has 2 atom stereocenters. The first-order valence-electron chi connectivity index (χ1n) is 8.06. The van der Waals surface area contributed by atoms with Gasteiger partial charge in [0.2, 0.25) is 5.91 Å². The number of amides is 1. The molecule has 2 fully saturated rings. The van der Waals surface area contributed by atoms with Gasteiger partial charge in [0.15, 0.2) is 0 Å². The minimum absolute atomic E-state index is 0. The molecule has 0 aromatic rings. The van der Waals surface area contributed by atoms with Crippen molar-refractivity contribution in [2.75, 3.05) is 19.6 Å². The van der Waals surface area contributed by atoms with Crippen LogP contribution in [0.3, 0.4) is 0 Å². The third-order valence-electron chi connectivity index (χ3n) is 5.17. The summed E-state index contributed by atoms with van der Waals surface area (Å²) in [6.45, 7) is 7.66. The first kappa shape index (κ1) is 17.8. The lowest BCUT2D eigenvalue weighted by Gasteiger charge is -2.29. The summed E-state index contributed by atoms with van der Waals surface area (Å²) in [7, 11) is 0. The van der Waals surface area contributed by atoms with Crippen LogP contribution in [0.4, 0.5) is 0 Å². The van der Waals surface area contributed by atoms with Gasteiger partial charge < -0.3 is 10.6 Å². The summed E-state index contributed by atoms with van der Waals surface area (Å²) in [5.41, 5.74) is 0.366. The molecule has 0 spiro atoms. The summed E-state index contributed by atoms with van der Waals surface area (Å²) >= 11 is 0. The van der Waals surface area contributed by atoms with Crippen molar-refractivity contribution in [1.82, 2.24) is 10.6 Å². The maximum atomic E-state index is 12.1. The summed E-state index contributed by atoms with van der Waals surface area (Å²) in [6.07, 6.45) is 8.44. The van der Waals surface area contributed by atoms with Crippen molar-refractivity contribution in [3.8, 4) is 0 Å². The average Bonchev–Trinajstić information content (AvgIpc) is 2.85. The molecular weight excluding hydrogens is 272 g/mol. The zero-order chi connectivity index (χ0) is 13.7. The number of piperidine rings is 1. The highest BCUT2D eigenvalue weighted by Crippen LogP contribution is 2.36. The van der Waals surface area contributed by atoms with Crippen LogP contribution in [-0.4, -0.2) is 25.5 Å². The molecule has 0 aromatic heterocycles. The van der Waals surface area contributed by atoms with Crippen molar-refractivity contribution in [2.45, 2.75) is 58.8 Å². The fraction of sp³-hybridized carbons (Fsp3) is 0.938. The van der Waals surface area contributed by atoms with Gasteiger partial charge in [-0.15, -0.1) is 12.4 Å². The highest BCUT2D eigenvalue weighted by atomic mass is 35.5. The quantitative estimate of drug-likeness (QED) is 0.819. The van der Waals surface area contributed by atoms with Crippen LogP contribution in [0.25, 0.3) is 0 Å². The summed E-state index contributed by atoms with van der Waals surface area (Å²) in [6, 6.07) is 0. The van der Waals surface area contributed by atoms with E-state index in [4.69, 9.17) is 0 Å². The number of hydrogen-bond acceptors (Lipinski definition) is 2. The van der Waals surface area contributed by atoms with Crippen molar-refractivity contribution in [2.24, 2.45) is 17.3 Å². The monoisotopic (exact) mass is 302 g/mol. The molecule has 1 amide bonds. The maximum Gasteiger partial charge on any atom is 0.220 e. The number of carbonyl (C=O) groups is 1. The van der Waals surface area contributed by atoms with Crippen LogP contribution in [0.1, 0.15) is 58.8 Å².